The third-order valence-electron chi connectivity index (χ3n) is 5.08. The summed E-state index contributed by atoms with van der Waals surface area (Å²) in [5, 5.41) is 11.3. The van der Waals surface area contributed by atoms with Crippen molar-refractivity contribution in [2.45, 2.75) is 0 Å². The predicted molar refractivity (Wildman–Crippen MR) is 109 cm³/mol. The van der Waals surface area contributed by atoms with Crippen LogP contribution < -0.4 is 4.90 Å². The van der Waals surface area contributed by atoms with E-state index in [4.69, 9.17) is 0 Å². The zero-order valence-electron chi connectivity index (χ0n) is 15.7. The average Bonchev–Trinajstić information content (AvgIpc) is 2.74. The molecule has 2 heterocycles. The smallest absolute Gasteiger partial charge is 0.278 e. The van der Waals surface area contributed by atoms with Crippen molar-refractivity contribution in [3.05, 3.63) is 71.0 Å². The van der Waals surface area contributed by atoms with Gasteiger partial charge in [-0.2, -0.15) is 0 Å². The van der Waals surface area contributed by atoms with E-state index in [2.05, 4.69) is 38.9 Å². The number of para-hydroxylation sites is 1. The van der Waals surface area contributed by atoms with Crippen LogP contribution in [0.3, 0.4) is 0 Å². The molecule has 0 radical (unpaired) electrons. The minimum atomic E-state index is -0.387. The SMILES string of the molecule is CN1CCN(c2ccc(-c3cc(-c4ccccc4[N+](=O)[O-])ncn3)cc2)CC1. The molecule has 0 bridgehead atoms. The fraction of sp³-hybridized carbons (Fsp3) is 0.238. The molecule has 0 amide bonds. The van der Waals surface area contributed by atoms with Crippen molar-refractivity contribution in [2.24, 2.45) is 0 Å². The van der Waals surface area contributed by atoms with Crippen molar-refractivity contribution in [1.82, 2.24) is 14.9 Å². The summed E-state index contributed by atoms with van der Waals surface area (Å²) in [4.78, 5) is 24.2. The molecule has 4 rings (SSSR count). The molecule has 1 fully saturated rings. The number of hydrogen-bond donors (Lipinski definition) is 0. The van der Waals surface area contributed by atoms with E-state index < -0.39 is 0 Å². The maximum Gasteiger partial charge on any atom is 0.278 e. The molecule has 0 spiro atoms. The summed E-state index contributed by atoms with van der Waals surface area (Å²) in [6.45, 7) is 4.16. The maximum atomic E-state index is 11.3. The summed E-state index contributed by atoms with van der Waals surface area (Å²) < 4.78 is 0. The number of anilines is 1. The lowest BCUT2D eigenvalue weighted by atomic mass is 10.1. The third kappa shape index (κ3) is 3.70. The number of rotatable bonds is 4. The highest BCUT2D eigenvalue weighted by Crippen LogP contribution is 2.30. The molecule has 3 aromatic rings. The number of nitrogens with zero attached hydrogens (tertiary/aromatic N) is 5. The molecule has 1 aliphatic rings. The van der Waals surface area contributed by atoms with E-state index in [1.807, 2.05) is 12.1 Å². The number of hydrogen-bond acceptors (Lipinski definition) is 6. The van der Waals surface area contributed by atoms with Crippen LogP contribution >= 0.6 is 0 Å². The van der Waals surface area contributed by atoms with Crippen LogP contribution in [0, 0.1) is 10.1 Å². The molecule has 1 aromatic heterocycles. The van der Waals surface area contributed by atoms with Crippen molar-refractivity contribution in [2.75, 3.05) is 38.1 Å². The first kappa shape index (κ1) is 18.1. The molecule has 0 atom stereocenters. The molecule has 7 nitrogen and oxygen atoms in total. The Morgan fingerprint density at radius 3 is 2.32 bits per heavy atom. The molecular weight excluding hydrogens is 354 g/mol. The number of piperazine rings is 1. The number of nitro groups is 1. The zero-order valence-corrected chi connectivity index (χ0v) is 15.7. The first-order chi connectivity index (χ1) is 13.6. The van der Waals surface area contributed by atoms with Gasteiger partial charge in [0.05, 0.1) is 21.9 Å². The van der Waals surface area contributed by atoms with Gasteiger partial charge in [0, 0.05) is 43.5 Å². The van der Waals surface area contributed by atoms with Crippen LogP contribution in [-0.4, -0.2) is 53.0 Å². The van der Waals surface area contributed by atoms with E-state index in [9.17, 15) is 10.1 Å². The van der Waals surface area contributed by atoms with E-state index in [-0.39, 0.29) is 10.6 Å². The monoisotopic (exact) mass is 375 g/mol. The Morgan fingerprint density at radius 2 is 1.61 bits per heavy atom. The topological polar surface area (TPSA) is 75.4 Å². The summed E-state index contributed by atoms with van der Waals surface area (Å²) in [7, 11) is 2.14. The molecule has 0 saturated carbocycles. The Morgan fingerprint density at radius 1 is 0.929 bits per heavy atom. The lowest BCUT2D eigenvalue weighted by molar-refractivity contribution is -0.384. The van der Waals surface area contributed by atoms with Gasteiger partial charge in [0.1, 0.15) is 6.33 Å². The number of nitro benzene ring substituents is 1. The van der Waals surface area contributed by atoms with Gasteiger partial charge in [0.2, 0.25) is 0 Å². The van der Waals surface area contributed by atoms with Gasteiger partial charge in [-0.3, -0.25) is 10.1 Å². The minimum Gasteiger partial charge on any atom is -0.369 e. The summed E-state index contributed by atoms with van der Waals surface area (Å²) in [5.41, 5.74) is 3.97. The largest absolute Gasteiger partial charge is 0.369 e. The van der Waals surface area contributed by atoms with Gasteiger partial charge in [0.25, 0.3) is 5.69 Å². The van der Waals surface area contributed by atoms with Crippen LogP contribution in [0.25, 0.3) is 22.5 Å². The van der Waals surface area contributed by atoms with E-state index in [1.165, 1.54) is 18.1 Å². The normalized spacial score (nSPS) is 14.8. The van der Waals surface area contributed by atoms with Crippen molar-refractivity contribution in [3.8, 4) is 22.5 Å². The Hall–Kier alpha value is -3.32. The fourth-order valence-corrected chi connectivity index (χ4v) is 3.42. The average molecular weight is 375 g/mol. The molecule has 0 unspecified atom stereocenters. The first-order valence-electron chi connectivity index (χ1n) is 9.21. The Kier molecular flexibility index (Phi) is 4.99. The van der Waals surface area contributed by atoms with Crippen LogP contribution in [0.1, 0.15) is 0 Å². The molecule has 0 N–H and O–H groups in total. The summed E-state index contributed by atoms with van der Waals surface area (Å²) in [5.74, 6) is 0. The van der Waals surface area contributed by atoms with E-state index in [0.717, 1.165) is 37.4 Å². The first-order valence-corrected chi connectivity index (χ1v) is 9.21. The summed E-state index contributed by atoms with van der Waals surface area (Å²) in [6.07, 6.45) is 1.45. The minimum absolute atomic E-state index is 0.0394. The third-order valence-corrected chi connectivity index (χ3v) is 5.08. The van der Waals surface area contributed by atoms with Gasteiger partial charge in [0.15, 0.2) is 0 Å². The van der Waals surface area contributed by atoms with Gasteiger partial charge in [-0.05, 0) is 31.3 Å². The van der Waals surface area contributed by atoms with Crippen molar-refractivity contribution < 1.29 is 4.92 Å². The van der Waals surface area contributed by atoms with Crippen molar-refractivity contribution in [1.29, 1.82) is 0 Å². The molecule has 0 aliphatic carbocycles. The van der Waals surface area contributed by atoms with Gasteiger partial charge in [-0.25, -0.2) is 9.97 Å². The second-order valence-electron chi connectivity index (χ2n) is 6.90. The van der Waals surface area contributed by atoms with E-state index >= 15 is 0 Å². The number of benzene rings is 2. The lowest BCUT2D eigenvalue weighted by Gasteiger charge is -2.34. The Balaban J connectivity index is 1.61. The highest BCUT2D eigenvalue weighted by molar-refractivity contribution is 5.74. The molecule has 2 aromatic carbocycles. The quantitative estimate of drug-likeness (QED) is 0.513. The maximum absolute atomic E-state index is 11.3. The van der Waals surface area contributed by atoms with Crippen LogP contribution in [0.4, 0.5) is 11.4 Å². The summed E-state index contributed by atoms with van der Waals surface area (Å²) >= 11 is 0. The molecule has 28 heavy (non-hydrogen) atoms. The summed E-state index contributed by atoms with van der Waals surface area (Å²) in [6, 6.07) is 16.7. The van der Waals surface area contributed by atoms with E-state index in [0.29, 0.717) is 11.3 Å². The molecule has 7 heteroatoms. The second kappa shape index (κ2) is 7.74. The lowest BCUT2D eigenvalue weighted by Crippen LogP contribution is -2.44. The Bertz CT molecular complexity index is 982. The standard InChI is InChI=1S/C21H21N5O2/c1-24-10-12-25(13-11-24)17-8-6-16(7-9-17)19-14-20(23-15-22-19)18-4-2-3-5-21(18)26(27)28/h2-9,14-15H,10-13H2,1H3. The van der Waals surface area contributed by atoms with Gasteiger partial charge >= 0.3 is 0 Å². The molecule has 1 aliphatic heterocycles. The van der Waals surface area contributed by atoms with Crippen LogP contribution in [-0.2, 0) is 0 Å². The number of aromatic nitrogens is 2. The highest BCUT2D eigenvalue weighted by atomic mass is 16.6. The molecule has 142 valence electrons. The zero-order chi connectivity index (χ0) is 19.5. The predicted octanol–water partition coefficient (Wildman–Crippen LogP) is 3.47. The fourth-order valence-electron chi connectivity index (χ4n) is 3.42. The van der Waals surface area contributed by atoms with Crippen molar-refractivity contribution >= 4 is 11.4 Å². The van der Waals surface area contributed by atoms with E-state index in [1.54, 1.807) is 24.3 Å². The van der Waals surface area contributed by atoms with Crippen molar-refractivity contribution in [3.63, 3.8) is 0 Å². The van der Waals surface area contributed by atoms with Crippen LogP contribution in [0.2, 0.25) is 0 Å². The highest BCUT2D eigenvalue weighted by Gasteiger charge is 2.17. The van der Waals surface area contributed by atoms with Crippen LogP contribution in [0.5, 0.6) is 0 Å². The van der Waals surface area contributed by atoms with Crippen LogP contribution in [0.15, 0.2) is 60.9 Å². The molecular formula is C21H21N5O2. The molecule has 1 saturated heterocycles. The van der Waals surface area contributed by atoms with Gasteiger partial charge in [-0.1, -0.05) is 24.3 Å². The number of likely N-dealkylation sites (N-methyl/N-ethyl adjacent to an activating group) is 1. The van der Waals surface area contributed by atoms with Gasteiger partial charge < -0.3 is 9.80 Å². The Labute approximate surface area is 163 Å². The second-order valence-corrected chi connectivity index (χ2v) is 6.90. The van der Waals surface area contributed by atoms with Gasteiger partial charge in [-0.15, -0.1) is 0 Å².